The molecule has 0 heterocycles. The van der Waals surface area contributed by atoms with Crippen molar-refractivity contribution in [3.63, 3.8) is 0 Å². The zero-order chi connectivity index (χ0) is 8.84. The molecule has 0 saturated heterocycles. The zero-order valence-electron chi connectivity index (χ0n) is 7.07. The predicted octanol–water partition coefficient (Wildman–Crippen LogP) is 3.56. The van der Waals surface area contributed by atoms with E-state index in [4.69, 9.17) is 11.6 Å². The largest absolute Gasteiger partial charge is 0.0884 e. The zero-order valence-corrected chi connectivity index (χ0v) is 7.83. The topological polar surface area (TPSA) is 0 Å². The fourth-order valence-corrected chi connectivity index (χ4v) is 2.52. The summed E-state index contributed by atoms with van der Waals surface area (Å²) < 4.78 is 0. The Bertz CT molecular complexity index is 415. The molecule has 1 aromatic carbocycles. The maximum Gasteiger partial charge on any atom is 0.0378 e. The number of halogens is 1. The van der Waals surface area contributed by atoms with Crippen molar-refractivity contribution in [2.75, 3.05) is 0 Å². The standard InChI is InChI=1S/C12H9Cl/c13-12-7-8-5-6-11(12)10-4-2-1-3-9(8)10/h1-8,11H. The molecule has 0 radical (unpaired) electrons. The summed E-state index contributed by atoms with van der Waals surface area (Å²) in [6.07, 6.45) is 6.59. The molecule has 0 aliphatic heterocycles. The molecular formula is C12H9Cl. The van der Waals surface area contributed by atoms with Crippen LogP contribution in [0.5, 0.6) is 0 Å². The van der Waals surface area contributed by atoms with Crippen LogP contribution in [0.15, 0.2) is 47.5 Å². The molecule has 2 atom stereocenters. The molecule has 64 valence electrons. The van der Waals surface area contributed by atoms with Gasteiger partial charge in [0.2, 0.25) is 0 Å². The molecule has 0 nitrogen and oxygen atoms in total. The molecule has 0 fully saturated rings. The second-order valence-corrected chi connectivity index (χ2v) is 4.01. The summed E-state index contributed by atoms with van der Waals surface area (Å²) in [5, 5.41) is 0.978. The molecule has 13 heavy (non-hydrogen) atoms. The first-order valence-electron chi connectivity index (χ1n) is 4.50. The molecule has 0 amide bonds. The van der Waals surface area contributed by atoms with Crippen molar-refractivity contribution in [2.45, 2.75) is 11.8 Å². The summed E-state index contributed by atoms with van der Waals surface area (Å²) in [5.74, 6) is 0.733. The Hall–Kier alpha value is -1.01. The van der Waals surface area contributed by atoms with E-state index in [0.717, 1.165) is 5.03 Å². The van der Waals surface area contributed by atoms with Gasteiger partial charge in [-0.2, -0.15) is 0 Å². The summed E-state index contributed by atoms with van der Waals surface area (Å²) >= 11 is 6.15. The van der Waals surface area contributed by atoms with E-state index >= 15 is 0 Å². The van der Waals surface area contributed by atoms with Crippen molar-refractivity contribution >= 4 is 11.6 Å². The van der Waals surface area contributed by atoms with Crippen molar-refractivity contribution in [1.82, 2.24) is 0 Å². The third-order valence-corrected chi connectivity index (χ3v) is 3.20. The molecule has 0 aromatic heterocycles. The lowest BCUT2D eigenvalue weighted by molar-refractivity contribution is 0.863. The molecule has 1 aromatic rings. The smallest absolute Gasteiger partial charge is 0.0378 e. The third-order valence-electron chi connectivity index (χ3n) is 2.84. The minimum absolute atomic E-state index is 0.322. The molecule has 3 aliphatic rings. The van der Waals surface area contributed by atoms with Gasteiger partial charge in [0.05, 0.1) is 0 Å². The maximum absolute atomic E-state index is 6.15. The second kappa shape index (κ2) is 2.49. The van der Waals surface area contributed by atoms with E-state index < -0.39 is 0 Å². The fraction of sp³-hybridized carbons (Fsp3) is 0.167. The predicted molar refractivity (Wildman–Crippen MR) is 55.0 cm³/mol. The van der Waals surface area contributed by atoms with E-state index in [1.165, 1.54) is 11.1 Å². The summed E-state index contributed by atoms with van der Waals surface area (Å²) in [5.41, 5.74) is 2.79. The second-order valence-electron chi connectivity index (χ2n) is 3.57. The lowest BCUT2D eigenvalue weighted by atomic mass is 9.76. The first kappa shape index (κ1) is 7.40. The highest BCUT2D eigenvalue weighted by Crippen LogP contribution is 2.45. The molecular weight excluding hydrogens is 180 g/mol. The lowest BCUT2D eigenvalue weighted by Gasteiger charge is -2.30. The SMILES string of the molecule is ClC1=CC2C=CC1c1ccccc12. The van der Waals surface area contributed by atoms with E-state index in [1.54, 1.807) is 0 Å². The molecule has 2 unspecified atom stereocenters. The Morgan fingerprint density at radius 2 is 1.77 bits per heavy atom. The normalized spacial score (nSPS) is 28.5. The summed E-state index contributed by atoms with van der Waals surface area (Å²) in [6.45, 7) is 0. The Labute approximate surface area is 82.5 Å². The van der Waals surface area contributed by atoms with Crippen LogP contribution >= 0.6 is 11.6 Å². The molecule has 3 aliphatic carbocycles. The van der Waals surface area contributed by atoms with Gasteiger partial charge < -0.3 is 0 Å². The van der Waals surface area contributed by atoms with Gasteiger partial charge in [-0.05, 0) is 11.1 Å². The number of hydrogen-bond acceptors (Lipinski definition) is 0. The van der Waals surface area contributed by atoms with Crippen molar-refractivity contribution < 1.29 is 0 Å². The van der Waals surface area contributed by atoms with Crippen molar-refractivity contribution in [3.8, 4) is 0 Å². The van der Waals surface area contributed by atoms with Crippen molar-refractivity contribution in [3.05, 3.63) is 58.7 Å². The minimum Gasteiger partial charge on any atom is -0.0884 e. The molecule has 0 spiro atoms. The first-order chi connectivity index (χ1) is 6.36. The van der Waals surface area contributed by atoms with Crippen LogP contribution in [0.3, 0.4) is 0 Å². The Balaban J connectivity index is 2.26. The van der Waals surface area contributed by atoms with Gasteiger partial charge >= 0.3 is 0 Å². The van der Waals surface area contributed by atoms with Gasteiger partial charge in [-0.15, -0.1) is 0 Å². The van der Waals surface area contributed by atoms with Gasteiger partial charge in [-0.1, -0.05) is 54.1 Å². The van der Waals surface area contributed by atoms with Gasteiger partial charge in [-0.3, -0.25) is 0 Å². The highest BCUT2D eigenvalue weighted by atomic mass is 35.5. The quantitative estimate of drug-likeness (QED) is 0.547. The van der Waals surface area contributed by atoms with Gasteiger partial charge in [0.25, 0.3) is 0 Å². The maximum atomic E-state index is 6.15. The summed E-state index contributed by atoms with van der Waals surface area (Å²) in [6, 6.07) is 8.54. The molecule has 4 rings (SSSR count). The number of benzene rings is 1. The average Bonchev–Trinajstić information content (AvgIpc) is 2.19. The van der Waals surface area contributed by atoms with Crippen molar-refractivity contribution in [1.29, 1.82) is 0 Å². The van der Waals surface area contributed by atoms with Gasteiger partial charge in [-0.25, -0.2) is 0 Å². The van der Waals surface area contributed by atoms with Crippen LogP contribution in [0.2, 0.25) is 0 Å². The van der Waals surface area contributed by atoms with Crippen LogP contribution in [0, 0.1) is 0 Å². The van der Waals surface area contributed by atoms with E-state index in [0.29, 0.717) is 11.8 Å². The summed E-state index contributed by atoms with van der Waals surface area (Å²) in [4.78, 5) is 0. The fourth-order valence-electron chi connectivity index (χ4n) is 2.20. The first-order valence-corrected chi connectivity index (χ1v) is 4.88. The van der Waals surface area contributed by atoms with E-state index in [9.17, 15) is 0 Å². The Kier molecular flexibility index (Phi) is 1.42. The third kappa shape index (κ3) is 0.925. The monoisotopic (exact) mass is 188 g/mol. The van der Waals surface area contributed by atoms with Crippen LogP contribution in [-0.2, 0) is 0 Å². The summed E-state index contributed by atoms with van der Waals surface area (Å²) in [7, 11) is 0. The minimum atomic E-state index is 0.322. The van der Waals surface area contributed by atoms with Gasteiger partial charge in [0.15, 0.2) is 0 Å². The van der Waals surface area contributed by atoms with Crippen LogP contribution < -0.4 is 0 Å². The average molecular weight is 189 g/mol. The van der Waals surface area contributed by atoms with Crippen LogP contribution in [0.25, 0.3) is 0 Å². The van der Waals surface area contributed by atoms with Crippen LogP contribution in [0.4, 0.5) is 0 Å². The molecule has 1 heteroatoms. The van der Waals surface area contributed by atoms with Gasteiger partial charge in [0.1, 0.15) is 0 Å². The van der Waals surface area contributed by atoms with Crippen LogP contribution in [-0.4, -0.2) is 0 Å². The van der Waals surface area contributed by atoms with E-state index in [1.807, 2.05) is 0 Å². The molecule has 2 bridgehead atoms. The number of allylic oxidation sites excluding steroid dienone is 4. The lowest BCUT2D eigenvalue weighted by Crippen LogP contribution is -2.14. The molecule has 0 N–H and O–H groups in total. The highest BCUT2D eigenvalue weighted by Gasteiger charge is 2.28. The van der Waals surface area contributed by atoms with Gasteiger partial charge in [0, 0.05) is 16.9 Å². The van der Waals surface area contributed by atoms with Crippen molar-refractivity contribution in [2.24, 2.45) is 0 Å². The van der Waals surface area contributed by atoms with E-state index in [2.05, 4.69) is 42.5 Å². The number of hydrogen-bond donors (Lipinski definition) is 0. The highest BCUT2D eigenvalue weighted by molar-refractivity contribution is 6.30. The van der Waals surface area contributed by atoms with Crippen LogP contribution in [0.1, 0.15) is 23.0 Å². The van der Waals surface area contributed by atoms with E-state index in [-0.39, 0.29) is 0 Å². The Morgan fingerprint density at radius 1 is 1.00 bits per heavy atom. The molecule has 0 saturated carbocycles. The Morgan fingerprint density at radius 3 is 2.54 bits per heavy atom. The number of rotatable bonds is 0.